The third-order valence-electron chi connectivity index (χ3n) is 4.60. The van der Waals surface area contributed by atoms with Crippen molar-refractivity contribution in [2.24, 2.45) is 5.92 Å². The molecule has 1 N–H and O–H groups in total. The van der Waals surface area contributed by atoms with Crippen molar-refractivity contribution < 1.29 is 14.7 Å². The van der Waals surface area contributed by atoms with Crippen LogP contribution in [0.4, 0.5) is 0 Å². The molecular formula is C16H18BrNO3. The molecule has 2 saturated heterocycles. The van der Waals surface area contributed by atoms with Gasteiger partial charge in [0.15, 0.2) is 0 Å². The molecule has 1 aromatic carbocycles. The standard InChI is InChI=1S/C16H18BrNO3/c17-12-3-1-2-11(9-12)16(21)18-13-4-5-14(18)7-10(6-13)8-15(19)20/h1-3,9-10,13-14H,4-8H2,(H,19,20). The maximum atomic E-state index is 12.7. The van der Waals surface area contributed by atoms with Gasteiger partial charge in [-0.1, -0.05) is 22.0 Å². The molecule has 112 valence electrons. The minimum absolute atomic E-state index is 0.0811. The Bertz CT molecular complexity index is 560. The van der Waals surface area contributed by atoms with E-state index in [1.165, 1.54) is 0 Å². The number of hydrogen-bond donors (Lipinski definition) is 1. The lowest BCUT2D eigenvalue weighted by molar-refractivity contribution is -0.138. The molecule has 0 saturated carbocycles. The molecule has 2 atom stereocenters. The Labute approximate surface area is 132 Å². The molecule has 2 fully saturated rings. The highest BCUT2D eigenvalue weighted by atomic mass is 79.9. The van der Waals surface area contributed by atoms with Crippen LogP contribution in [-0.4, -0.2) is 34.0 Å². The zero-order valence-corrected chi connectivity index (χ0v) is 13.3. The second-order valence-electron chi connectivity index (χ2n) is 6.04. The number of carboxylic acid groups (broad SMARTS) is 1. The number of nitrogens with zero attached hydrogens (tertiary/aromatic N) is 1. The van der Waals surface area contributed by atoms with Crippen LogP contribution >= 0.6 is 15.9 Å². The maximum absolute atomic E-state index is 12.7. The van der Waals surface area contributed by atoms with Gasteiger partial charge in [0.25, 0.3) is 5.91 Å². The Morgan fingerprint density at radius 2 is 1.90 bits per heavy atom. The summed E-state index contributed by atoms with van der Waals surface area (Å²) in [7, 11) is 0. The topological polar surface area (TPSA) is 57.6 Å². The molecule has 0 spiro atoms. The third kappa shape index (κ3) is 2.98. The molecule has 2 bridgehead atoms. The average Bonchev–Trinajstić information content (AvgIpc) is 2.69. The first-order valence-electron chi connectivity index (χ1n) is 7.34. The normalized spacial score (nSPS) is 27.7. The molecule has 4 nitrogen and oxygen atoms in total. The molecule has 0 radical (unpaired) electrons. The number of aliphatic carboxylic acids is 1. The van der Waals surface area contributed by atoms with E-state index in [1.807, 2.05) is 29.2 Å². The van der Waals surface area contributed by atoms with Crippen LogP contribution in [0.25, 0.3) is 0 Å². The van der Waals surface area contributed by atoms with Crippen molar-refractivity contribution >= 4 is 27.8 Å². The average molecular weight is 352 g/mol. The van der Waals surface area contributed by atoms with Crippen LogP contribution in [0, 0.1) is 5.92 Å². The Morgan fingerprint density at radius 1 is 1.24 bits per heavy atom. The van der Waals surface area contributed by atoms with E-state index in [0.29, 0.717) is 5.56 Å². The van der Waals surface area contributed by atoms with E-state index in [2.05, 4.69) is 15.9 Å². The van der Waals surface area contributed by atoms with Crippen LogP contribution in [0.3, 0.4) is 0 Å². The summed E-state index contributed by atoms with van der Waals surface area (Å²) in [5.41, 5.74) is 0.706. The van der Waals surface area contributed by atoms with Crippen molar-refractivity contribution in [3.05, 3.63) is 34.3 Å². The zero-order chi connectivity index (χ0) is 15.0. The van der Waals surface area contributed by atoms with E-state index in [1.54, 1.807) is 0 Å². The SMILES string of the molecule is O=C(O)CC1CC2CCC(C1)N2C(=O)c1cccc(Br)c1. The van der Waals surface area contributed by atoms with Crippen molar-refractivity contribution in [3.63, 3.8) is 0 Å². The highest BCUT2D eigenvalue weighted by Crippen LogP contribution is 2.40. The lowest BCUT2D eigenvalue weighted by Gasteiger charge is -2.38. The number of hydrogen-bond acceptors (Lipinski definition) is 2. The van der Waals surface area contributed by atoms with Crippen molar-refractivity contribution in [2.75, 3.05) is 0 Å². The minimum atomic E-state index is -0.730. The van der Waals surface area contributed by atoms with Gasteiger partial charge in [-0.05, 0) is 49.8 Å². The molecule has 3 rings (SSSR count). The van der Waals surface area contributed by atoms with Gasteiger partial charge in [0.2, 0.25) is 0 Å². The number of halogens is 1. The fraction of sp³-hybridized carbons (Fsp3) is 0.500. The molecule has 1 amide bonds. The summed E-state index contributed by atoms with van der Waals surface area (Å²) in [4.78, 5) is 25.6. The second-order valence-corrected chi connectivity index (χ2v) is 6.96. The number of piperidine rings is 1. The summed E-state index contributed by atoms with van der Waals surface area (Å²) >= 11 is 3.40. The lowest BCUT2D eigenvalue weighted by Crippen LogP contribution is -2.46. The summed E-state index contributed by atoms with van der Waals surface area (Å²) in [5.74, 6) is -0.435. The quantitative estimate of drug-likeness (QED) is 0.908. The van der Waals surface area contributed by atoms with Crippen LogP contribution in [0.5, 0.6) is 0 Å². The number of carbonyl (C=O) groups is 2. The van der Waals surface area contributed by atoms with Crippen LogP contribution in [0.1, 0.15) is 42.5 Å². The van der Waals surface area contributed by atoms with E-state index in [-0.39, 0.29) is 30.3 Å². The molecule has 2 unspecified atom stereocenters. The smallest absolute Gasteiger partial charge is 0.303 e. The van der Waals surface area contributed by atoms with Gasteiger partial charge >= 0.3 is 5.97 Å². The highest BCUT2D eigenvalue weighted by molar-refractivity contribution is 9.10. The monoisotopic (exact) mass is 351 g/mol. The number of amides is 1. The van der Waals surface area contributed by atoms with E-state index in [0.717, 1.165) is 30.2 Å². The van der Waals surface area contributed by atoms with Crippen LogP contribution in [-0.2, 0) is 4.79 Å². The Balaban J connectivity index is 1.76. The van der Waals surface area contributed by atoms with Crippen molar-refractivity contribution in [1.82, 2.24) is 4.90 Å². The predicted octanol–water partition coefficient (Wildman–Crippen LogP) is 3.31. The van der Waals surface area contributed by atoms with Gasteiger partial charge in [-0.2, -0.15) is 0 Å². The molecule has 2 heterocycles. The Kier molecular flexibility index (Phi) is 4.02. The maximum Gasteiger partial charge on any atom is 0.303 e. The number of benzene rings is 1. The number of fused-ring (bicyclic) bond motifs is 2. The second kappa shape index (κ2) is 5.79. The van der Waals surface area contributed by atoms with Gasteiger partial charge in [0, 0.05) is 28.5 Å². The number of rotatable bonds is 3. The molecule has 0 aliphatic carbocycles. The van der Waals surface area contributed by atoms with Crippen molar-refractivity contribution in [1.29, 1.82) is 0 Å². The molecule has 2 aliphatic rings. The summed E-state index contributed by atoms with van der Waals surface area (Å²) in [6.45, 7) is 0. The fourth-order valence-corrected chi connectivity index (χ4v) is 4.20. The van der Waals surface area contributed by atoms with Crippen LogP contribution < -0.4 is 0 Å². The summed E-state index contributed by atoms with van der Waals surface area (Å²) in [6.07, 6.45) is 3.87. The van der Waals surface area contributed by atoms with Gasteiger partial charge in [0.05, 0.1) is 0 Å². The van der Waals surface area contributed by atoms with E-state index in [9.17, 15) is 9.59 Å². The fourth-order valence-electron chi connectivity index (χ4n) is 3.81. The van der Waals surface area contributed by atoms with Gasteiger partial charge in [0.1, 0.15) is 0 Å². The largest absolute Gasteiger partial charge is 0.481 e. The van der Waals surface area contributed by atoms with Gasteiger partial charge < -0.3 is 10.0 Å². The first-order valence-corrected chi connectivity index (χ1v) is 8.14. The number of carboxylic acids is 1. The first-order chi connectivity index (χ1) is 10.0. The van der Waals surface area contributed by atoms with E-state index >= 15 is 0 Å². The summed E-state index contributed by atoms with van der Waals surface area (Å²) in [6, 6.07) is 7.89. The van der Waals surface area contributed by atoms with Gasteiger partial charge in [-0.3, -0.25) is 9.59 Å². The zero-order valence-electron chi connectivity index (χ0n) is 11.7. The minimum Gasteiger partial charge on any atom is -0.481 e. The Morgan fingerprint density at radius 3 is 2.48 bits per heavy atom. The summed E-state index contributed by atoms with van der Waals surface area (Å²) < 4.78 is 0.904. The first kappa shape index (κ1) is 14.6. The predicted molar refractivity (Wildman–Crippen MR) is 82.1 cm³/mol. The van der Waals surface area contributed by atoms with Gasteiger partial charge in [-0.25, -0.2) is 0 Å². The summed E-state index contributed by atoms with van der Waals surface area (Å²) in [5, 5.41) is 8.96. The molecule has 1 aromatic rings. The number of carbonyl (C=O) groups excluding carboxylic acids is 1. The highest BCUT2D eigenvalue weighted by Gasteiger charge is 2.43. The van der Waals surface area contributed by atoms with Gasteiger partial charge in [-0.15, -0.1) is 0 Å². The molecular weight excluding hydrogens is 334 g/mol. The van der Waals surface area contributed by atoms with Crippen molar-refractivity contribution in [3.8, 4) is 0 Å². The molecule has 2 aliphatic heterocycles. The van der Waals surface area contributed by atoms with E-state index < -0.39 is 5.97 Å². The lowest BCUT2D eigenvalue weighted by atomic mass is 9.88. The van der Waals surface area contributed by atoms with Crippen LogP contribution in [0.2, 0.25) is 0 Å². The Hall–Kier alpha value is -1.36. The van der Waals surface area contributed by atoms with Crippen LogP contribution in [0.15, 0.2) is 28.7 Å². The molecule has 5 heteroatoms. The molecule has 0 aromatic heterocycles. The van der Waals surface area contributed by atoms with E-state index in [4.69, 9.17) is 5.11 Å². The van der Waals surface area contributed by atoms with Crippen molar-refractivity contribution in [2.45, 2.75) is 44.2 Å². The molecule has 21 heavy (non-hydrogen) atoms. The third-order valence-corrected chi connectivity index (χ3v) is 5.09.